The van der Waals surface area contributed by atoms with Gasteiger partial charge in [0.05, 0.1) is 5.75 Å². The number of halogens is 1. The van der Waals surface area contributed by atoms with E-state index >= 15 is 0 Å². The lowest BCUT2D eigenvalue weighted by atomic mass is 9.90. The monoisotopic (exact) mass is 391 g/mol. The molecule has 0 spiro atoms. The first-order valence-corrected chi connectivity index (χ1v) is 9.85. The fourth-order valence-corrected chi connectivity index (χ4v) is 3.09. The molecule has 4 N–H and O–H groups in total. The van der Waals surface area contributed by atoms with Crippen LogP contribution in [0.25, 0.3) is 0 Å². The van der Waals surface area contributed by atoms with Crippen LogP contribution in [-0.4, -0.2) is 32.2 Å². The number of hydrogen-bond donors (Lipinski definition) is 3. The van der Waals surface area contributed by atoms with E-state index in [0.717, 1.165) is 12.0 Å². The van der Waals surface area contributed by atoms with E-state index in [1.165, 1.54) is 0 Å². The van der Waals surface area contributed by atoms with E-state index in [2.05, 4.69) is 23.9 Å². The highest BCUT2D eigenvalue weighted by atomic mass is 35.5. The van der Waals surface area contributed by atoms with Gasteiger partial charge in [-0.2, -0.15) is 0 Å². The number of carbonyl (C=O) groups excluding carboxylic acids is 1. The van der Waals surface area contributed by atoms with Crippen LogP contribution in [0.1, 0.15) is 50.0 Å². The van der Waals surface area contributed by atoms with Gasteiger partial charge < -0.3 is 11.1 Å². The van der Waals surface area contributed by atoms with Gasteiger partial charge in [-0.1, -0.05) is 26.0 Å². The van der Waals surface area contributed by atoms with Gasteiger partial charge in [0.15, 0.2) is 0 Å². The van der Waals surface area contributed by atoms with E-state index in [9.17, 15) is 13.2 Å². The van der Waals surface area contributed by atoms with Gasteiger partial charge in [0.25, 0.3) is 5.91 Å². The largest absolute Gasteiger partial charge is 0.346 e. The zero-order valence-corrected chi connectivity index (χ0v) is 17.0. The Morgan fingerprint density at radius 3 is 2.24 bits per heavy atom. The summed E-state index contributed by atoms with van der Waals surface area (Å²) >= 11 is 0. The summed E-state index contributed by atoms with van der Waals surface area (Å²) in [7, 11) is -3.23. The molecule has 0 aliphatic rings. The lowest BCUT2D eigenvalue weighted by Crippen LogP contribution is -2.52. The van der Waals surface area contributed by atoms with Gasteiger partial charge in [0.1, 0.15) is 0 Å². The van der Waals surface area contributed by atoms with Crippen molar-refractivity contribution < 1.29 is 13.2 Å². The molecule has 25 heavy (non-hydrogen) atoms. The van der Waals surface area contributed by atoms with E-state index in [0.29, 0.717) is 18.0 Å². The van der Waals surface area contributed by atoms with E-state index in [1.54, 1.807) is 31.2 Å². The third kappa shape index (κ3) is 8.18. The zero-order chi connectivity index (χ0) is 18.4. The van der Waals surface area contributed by atoms with Crippen LogP contribution in [0.5, 0.6) is 0 Å². The third-order valence-electron chi connectivity index (χ3n) is 3.82. The average Bonchev–Trinajstić information content (AvgIpc) is 2.52. The fourth-order valence-electron chi connectivity index (χ4n) is 2.50. The molecule has 0 aliphatic heterocycles. The van der Waals surface area contributed by atoms with Crippen molar-refractivity contribution in [3.63, 3.8) is 0 Å². The Kier molecular flexibility index (Phi) is 9.64. The lowest BCUT2D eigenvalue weighted by molar-refractivity contribution is 0.0898. The first kappa shape index (κ1) is 23.9. The number of hydrogen-bond acceptors (Lipinski definition) is 4. The quantitative estimate of drug-likeness (QED) is 0.599. The summed E-state index contributed by atoms with van der Waals surface area (Å²) in [5, 5.41) is 3.00. The van der Waals surface area contributed by atoms with Crippen LogP contribution in [0.15, 0.2) is 24.3 Å². The second-order valence-electron chi connectivity index (χ2n) is 6.74. The van der Waals surface area contributed by atoms with E-state index < -0.39 is 15.6 Å². The number of nitrogens with one attached hydrogen (secondary N) is 2. The van der Waals surface area contributed by atoms with Gasteiger partial charge in [-0.25, -0.2) is 13.1 Å². The molecule has 8 heteroatoms. The van der Waals surface area contributed by atoms with Gasteiger partial charge in [0, 0.05) is 24.2 Å². The predicted molar refractivity (Wildman–Crippen MR) is 104 cm³/mol. The van der Waals surface area contributed by atoms with Gasteiger partial charge in [-0.15, -0.1) is 12.4 Å². The maximum absolute atomic E-state index is 12.4. The first-order valence-electron chi connectivity index (χ1n) is 8.19. The molecule has 1 aromatic carbocycles. The normalized spacial score (nSPS) is 13.8. The molecule has 1 amide bonds. The number of amides is 1. The highest BCUT2D eigenvalue weighted by Gasteiger charge is 2.26. The molecule has 1 rings (SSSR count). The van der Waals surface area contributed by atoms with Crippen molar-refractivity contribution in [2.75, 3.05) is 12.3 Å². The van der Waals surface area contributed by atoms with Crippen molar-refractivity contribution in [2.24, 2.45) is 11.7 Å². The summed E-state index contributed by atoms with van der Waals surface area (Å²) in [6.45, 7) is 8.29. The molecule has 0 aliphatic carbocycles. The number of rotatable bonds is 9. The van der Waals surface area contributed by atoms with E-state index in [1.807, 2.05) is 6.92 Å². The minimum absolute atomic E-state index is 0. The zero-order valence-electron chi connectivity index (χ0n) is 15.3. The van der Waals surface area contributed by atoms with Crippen LogP contribution in [0.3, 0.4) is 0 Å². The van der Waals surface area contributed by atoms with Gasteiger partial charge in [-0.3, -0.25) is 4.79 Å². The molecular weight excluding hydrogens is 362 g/mol. The van der Waals surface area contributed by atoms with Crippen LogP contribution in [-0.2, 0) is 16.6 Å². The average molecular weight is 392 g/mol. The van der Waals surface area contributed by atoms with Crippen LogP contribution in [0.2, 0.25) is 0 Å². The number of carbonyl (C=O) groups is 1. The van der Waals surface area contributed by atoms with Crippen LogP contribution >= 0.6 is 12.4 Å². The second kappa shape index (κ2) is 10.1. The number of nitrogens with two attached hydrogens (primary N) is 1. The summed E-state index contributed by atoms with van der Waals surface area (Å²) in [6, 6.07) is 6.87. The summed E-state index contributed by atoms with van der Waals surface area (Å²) in [5.41, 5.74) is 6.70. The van der Waals surface area contributed by atoms with Crippen molar-refractivity contribution in [3.8, 4) is 0 Å². The molecule has 0 bridgehead atoms. The van der Waals surface area contributed by atoms with Crippen LogP contribution in [0.4, 0.5) is 0 Å². The number of benzene rings is 1. The van der Waals surface area contributed by atoms with Gasteiger partial charge >= 0.3 is 0 Å². The Morgan fingerprint density at radius 1 is 1.24 bits per heavy atom. The minimum atomic E-state index is -3.23. The molecular formula is C17H30ClN3O3S. The lowest BCUT2D eigenvalue weighted by Gasteiger charge is -2.31. The van der Waals surface area contributed by atoms with Crippen molar-refractivity contribution in [2.45, 2.75) is 46.2 Å². The van der Waals surface area contributed by atoms with Crippen molar-refractivity contribution >= 4 is 28.3 Å². The molecule has 144 valence electrons. The standard InChI is InChI=1S/C17H29N3O3S.ClH/c1-5-24(22,23)19-11-14-6-8-15(9-7-14)16(21)20-17(4,12-18)10-13(2)3;/h6-9,13,19H,5,10-12,18H2,1-4H3,(H,20,21);1H. The topological polar surface area (TPSA) is 101 Å². The van der Waals surface area contributed by atoms with Gasteiger partial charge in [0.2, 0.25) is 10.0 Å². The molecule has 0 heterocycles. The highest BCUT2D eigenvalue weighted by Crippen LogP contribution is 2.16. The van der Waals surface area contributed by atoms with E-state index in [4.69, 9.17) is 5.73 Å². The van der Waals surface area contributed by atoms with Crippen LogP contribution in [0, 0.1) is 5.92 Å². The Balaban J connectivity index is 0.00000576. The molecule has 0 radical (unpaired) electrons. The Morgan fingerprint density at radius 2 is 1.80 bits per heavy atom. The number of sulfonamides is 1. The SMILES string of the molecule is CCS(=O)(=O)NCc1ccc(C(=O)NC(C)(CN)CC(C)C)cc1.Cl. The Hall–Kier alpha value is -1.15. The van der Waals surface area contributed by atoms with Crippen molar-refractivity contribution in [3.05, 3.63) is 35.4 Å². The maximum Gasteiger partial charge on any atom is 0.251 e. The Bertz CT molecular complexity index is 648. The fraction of sp³-hybridized carbons (Fsp3) is 0.588. The summed E-state index contributed by atoms with van der Waals surface area (Å²) in [5.74, 6) is 0.290. The first-order chi connectivity index (χ1) is 11.1. The van der Waals surface area contributed by atoms with Gasteiger partial charge in [-0.05, 0) is 43.9 Å². The Labute approximate surface area is 157 Å². The minimum Gasteiger partial charge on any atom is -0.346 e. The molecule has 1 aromatic rings. The predicted octanol–water partition coefficient (Wildman–Crippen LogP) is 2.04. The highest BCUT2D eigenvalue weighted by molar-refractivity contribution is 7.89. The maximum atomic E-state index is 12.4. The molecule has 0 aromatic heterocycles. The summed E-state index contributed by atoms with van der Waals surface area (Å²) < 4.78 is 25.4. The second-order valence-corrected chi connectivity index (χ2v) is 8.83. The molecule has 0 fully saturated rings. The molecule has 6 nitrogen and oxygen atoms in total. The summed E-state index contributed by atoms with van der Waals surface area (Å²) in [6.07, 6.45) is 0.798. The van der Waals surface area contributed by atoms with Crippen LogP contribution < -0.4 is 15.8 Å². The summed E-state index contributed by atoms with van der Waals surface area (Å²) in [4.78, 5) is 12.4. The third-order valence-corrected chi connectivity index (χ3v) is 5.16. The molecule has 1 unspecified atom stereocenters. The smallest absolute Gasteiger partial charge is 0.251 e. The molecule has 1 atom stereocenters. The van der Waals surface area contributed by atoms with E-state index in [-0.39, 0.29) is 30.6 Å². The molecule has 0 saturated carbocycles. The molecule has 0 saturated heterocycles. The van der Waals surface area contributed by atoms with Crippen molar-refractivity contribution in [1.29, 1.82) is 0 Å². The van der Waals surface area contributed by atoms with Crippen molar-refractivity contribution in [1.82, 2.24) is 10.0 Å².